The molecule has 7 heteroatoms. The van der Waals surface area contributed by atoms with E-state index in [1.807, 2.05) is 7.05 Å². The largest absolute Gasteiger partial charge is 0.383 e. The minimum absolute atomic E-state index is 0.118. The molecule has 2 heterocycles. The molecule has 0 saturated carbocycles. The summed E-state index contributed by atoms with van der Waals surface area (Å²) in [6.45, 7) is 2.89. The van der Waals surface area contributed by atoms with Gasteiger partial charge in [0, 0.05) is 26.7 Å². The van der Waals surface area contributed by atoms with Crippen molar-refractivity contribution in [2.45, 2.75) is 19.0 Å². The van der Waals surface area contributed by atoms with Gasteiger partial charge in [-0.1, -0.05) is 0 Å². The highest BCUT2D eigenvalue weighted by Gasteiger charge is 2.22. The van der Waals surface area contributed by atoms with E-state index < -0.39 is 0 Å². The van der Waals surface area contributed by atoms with Crippen molar-refractivity contribution in [3.05, 3.63) is 21.0 Å². The van der Waals surface area contributed by atoms with E-state index in [0.29, 0.717) is 23.7 Å². The number of ether oxygens (including phenoxy) is 1. The van der Waals surface area contributed by atoms with Crippen molar-refractivity contribution < 1.29 is 4.74 Å². The predicted molar refractivity (Wildman–Crippen MR) is 77.8 cm³/mol. The highest BCUT2D eigenvalue weighted by atomic mass is 79.9. The Kier molecular flexibility index (Phi) is 4.95. The van der Waals surface area contributed by atoms with Crippen LogP contribution >= 0.6 is 15.9 Å². The van der Waals surface area contributed by atoms with E-state index in [9.17, 15) is 4.79 Å². The molecule has 1 atom stereocenters. The van der Waals surface area contributed by atoms with Gasteiger partial charge in [-0.05, 0) is 28.9 Å². The van der Waals surface area contributed by atoms with Crippen molar-refractivity contribution in [2.24, 2.45) is 0 Å². The van der Waals surface area contributed by atoms with Crippen molar-refractivity contribution >= 4 is 21.6 Å². The average Bonchev–Trinajstić information content (AvgIpc) is 2.94. The van der Waals surface area contributed by atoms with E-state index in [2.05, 4.69) is 31.2 Å². The molecular formula is C12H19BrN4O2. The lowest BCUT2D eigenvalue weighted by molar-refractivity contribution is 0.181. The van der Waals surface area contributed by atoms with Gasteiger partial charge in [0.2, 0.25) is 0 Å². The summed E-state index contributed by atoms with van der Waals surface area (Å²) in [7, 11) is 3.60. The van der Waals surface area contributed by atoms with Crippen LogP contribution in [0.15, 0.2) is 15.5 Å². The van der Waals surface area contributed by atoms with Crippen molar-refractivity contribution in [3.8, 4) is 0 Å². The summed E-state index contributed by atoms with van der Waals surface area (Å²) in [4.78, 5) is 14.3. The molecule has 106 valence electrons. The van der Waals surface area contributed by atoms with Crippen LogP contribution in [0.25, 0.3) is 0 Å². The Hall–Kier alpha value is -0.920. The summed E-state index contributed by atoms with van der Waals surface area (Å²) < 4.78 is 6.94. The molecule has 1 fully saturated rings. The van der Waals surface area contributed by atoms with Gasteiger partial charge in [-0.3, -0.25) is 4.79 Å². The Morgan fingerprint density at radius 3 is 3.11 bits per heavy atom. The maximum atomic E-state index is 12.2. The second-order valence-electron chi connectivity index (χ2n) is 4.62. The van der Waals surface area contributed by atoms with E-state index in [4.69, 9.17) is 4.74 Å². The number of aromatic nitrogens is 2. The number of nitrogens with zero attached hydrogens (tertiary/aromatic N) is 3. The van der Waals surface area contributed by atoms with Gasteiger partial charge in [-0.15, -0.1) is 0 Å². The molecule has 1 N–H and O–H groups in total. The topological polar surface area (TPSA) is 59.4 Å². The van der Waals surface area contributed by atoms with Crippen molar-refractivity contribution in [1.29, 1.82) is 0 Å². The molecule has 1 aliphatic rings. The quantitative estimate of drug-likeness (QED) is 0.849. The molecule has 1 aromatic heterocycles. The number of halogens is 1. The summed E-state index contributed by atoms with van der Waals surface area (Å²) in [5, 5.41) is 7.52. The molecule has 19 heavy (non-hydrogen) atoms. The molecule has 0 radical (unpaired) electrons. The summed E-state index contributed by atoms with van der Waals surface area (Å²) in [6.07, 6.45) is 2.81. The lowest BCUT2D eigenvalue weighted by Crippen LogP contribution is -2.36. The van der Waals surface area contributed by atoms with E-state index >= 15 is 0 Å². The molecule has 1 unspecified atom stereocenters. The summed E-state index contributed by atoms with van der Waals surface area (Å²) in [5.74, 6) is 0. The number of anilines is 1. The first-order valence-electron chi connectivity index (χ1n) is 6.33. The van der Waals surface area contributed by atoms with Gasteiger partial charge in [-0.2, -0.15) is 5.10 Å². The average molecular weight is 331 g/mol. The van der Waals surface area contributed by atoms with E-state index in [-0.39, 0.29) is 5.56 Å². The number of likely N-dealkylation sites (N-methyl/N-ethyl adjacent to an activating group) is 1. The number of hydrogen-bond donors (Lipinski definition) is 1. The van der Waals surface area contributed by atoms with E-state index in [0.717, 1.165) is 25.2 Å². The van der Waals surface area contributed by atoms with Crippen molar-refractivity contribution in [3.63, 3.8) is 0 Å². The van der Waals surface area contributed by atoms with E-state index in [1.54, 1.807) is 13.3 Å². The first kappa shape index (κ1) is 14.5. The SMILES string of the molecule is COCCn1ncc(N(C)C2CCNC2)c(Br)c1=O. The van der Waals surface area contributed by atoms with Gasteiger partial charge < -0.3 is 15.0 Å². The molecule has 0 aromatic carbocycles. The summed E-state index contributed by atoms with van der Waals surface area (Å²) >= 11 is 3.39. The third-order valence-electron chi connectivity index (χ3n) is 3.44. The van der Waals surface area contributed by atoms with Gasteiger partial charge in [-0.25, -0.2) is 4.68 Å². The number of methoxy groups -OCH3 is 1. The number of nitrogens with one attached hydrogen (secondary N) is 1. The second kappa shape index (κ2) is 6.49. The molecule has 1 saturated heterocycles. The molecular weight excluding hydrogens is 312 g/mol. The number of hydrogen-bond acceptors (Lipinski definition) is 5. The van der Waals surface area contributed by atoms with Gasteiger partial charge in [0.15, 0.2) is 0 Å². The first-order chi connectivity index (χ1) is 9.15. The van der Waals surface area contributed by atoms with Crippen molar-refractivity contribution in [2.75, 3.05) is 38.8 Å². The van der Waals surface area contributed by atoms with Crippen LogP contribution in [-0.4, -0.2) is 49.7 Å². The Labute approximate surface area is 120 Å². The van der Waals surface area contributed by atoms with Gasteiger partial charge >= 0.3 is 0 Å². The van der Waals surface area contributed by atoms with Crippen LogP contribution in [0.3, 0.4) is 0 Å². The molecule has 2 rings (SSSR count). The highest BCUT2D eigenvalue weighted by Crippen LogP contribution is 2.23. The predicted octanol–water partition coefficient (Wildman–Crippen LogP) is 0.450. The fourth-order valence-electron chi connectivity index (χ4n) is 2.21. The van der Waals surface area contributed by atoms with Crippen LogP contribution in [-0.2, 0) is 11.3 Å². The Morgan fingerprint density at radius 1 is 1.68 bits per heavy atom. The molecule has 0 aliphatic carbocycles. The number of rotatable bonds is 5. The summed E-state index contributed by atoms with van der Waals surface area (Å²) in [5.41, 5.74) is 0.722. The summed E-state index contributed by atoms with van der Waals surface area (Å²) in [6, 6.07) is 0.410. The zero-order chi connectivity index (χ0) is 13.8. The van der Waals surface area contributed by atoms with Gasteiger partial charge in [0.1, 0.15) is 4.47 Å². The van der Waals surface area contributed by atoms with Gasteiger partial charge in [0.25, 0.3) is 5.56 Å². The van der Waals surface area contributed by atoms with E-state index in [1.165, 1.54) is 4.68 Å². The first-order valence-corrected chi connectivity index (χ1v) is 7.12. The molecule has 6 nitrogen and oxygen atoms in total. The van der Waals surface area contributed by atoms with Crippen LogP contribution in [0.5, 0.6) is 0 Å². The monoisotopic (exact) mass is 330 g/mol. The molecule has 0 amide bonds. The lowest BCUT2D eigenvalue weighted by Gasteiger charge is -2.26. The molecule has 1 aliphatic heterocycles. The van der Waals surface area contributed by atoms with Crippen LogP contribution in [0.2, 0.25) is 0 Å². The minimum atomic E-state index is -0.118. The maximum Gasteiger partial charge on any atom is 0.283 e. The zero-order valence-electron chi connectivity index (χ0n) is 11.2. The molecule has 1 aromatic rings. The third kappa shape index (κ3) is 3.16. The highest BCUT2D eigenvalue weighted by molar-refractivity contribution is 9.10. The van der Waals surface area contributed by atoms with Crippen LogP contribution in [0.4, 0.5) is 5.69 Å². The molecule has 0 spiro atoms. The van der Waals surface area contributed by atoms with Crippen LogP contribution in [0, 0.1) is 0 Å². The lowest BCUT2D eigenvalue weighted by atomic mass is 10.2. The Bertz CT molecular complexity index is 485. The van der Waals surface area contributed by atoms with Crippen molar-refractivity contribution in [1.82, 2.24) is 15.1 Å². The Balaban J connectivity index is 2.22. The normalized spacial score (nSPS) is 18.8. The molecule has 0 bridgehead atoms. The Morgan fingerprint density at radius 2 is 2.47 bits per heavy atom. The smallest absolute Gasteiger partial charge is 0.283 e. The zero-order valence-corrected chi connectivity index (χ0v) is 12.8. The van der Waals surface area contributed by atoms with Crippen LogP contribution in [0.1, 0.15) is 6.42 Å². The standard InChI is InChI=1S/C12H19BrN4O2/c1-16(9-3-4-14-7-9)10-8-15-17(5-6-19-2)12(18)11(10)13/h8-9,14H,3-7H2,1-2H3. The maximum absolute atomic E-state index is 12.2. The minimum Gasteiger partial charge on any atom is -0.383 e. The van der Waals surface area contributed by atoms with Gasteiger partial charge in [0.05, 0.1) is 25.0 Å². The second-order valence-corrected chi connectivity index (χ2v) is 5.42. The van der Waals surface area contributed by atoms with Crippen LogP contribution < -0.4 is 15.8 Å². The third-order valence-corrected chi connectivity index (χ3v) is 4.18. The fourth-order valence-corrected chi connectivity index (χ4v) is 2.79. The fraction of sp³-hybridized carbons (Fsp3) is 0.667.